The molecule has 1 saturated heterocycles. The number of esters is 1. The van der Waals surface area contributed by atoms with Gasteiger partial charge in [0.2, 0.25) is 0 Å². The summed E-state index contributed by atoms with van der Waals surface area (Å²) in [6.07, 6.45) is 1.26. The van der Waals surface area contributed by atoms with Gasteiger partial charge in [0.15, 0.2) is 6.10 Å². The van der Waals surface area contributed by atoms with Crippen molar-refractivity contribution < 1.29 is 14.3 Å². The number of hydrogen-bond acceptors (Lipinski definition) is 3. The Morgan fingerprint density at radius 1 is 1.08 bits per heavy atom. The zero-order valence-corrected chi connectivity index (χ0v) is 14.2. The zero-order valence-electron chi connectivity index (χ0n) is 14.2. The van der Waals surface area contributed by atoms with Crippen molar-refractivity contribution >= 4 is 22.6 Å². The Kier molecular flexibility index (Phi) is 4.84. The lowest BCUT2D eigenvalue weighted by molar-refractivity contribution is -0.141. The summed E-state index contributed by atoms with van der Waals surface area (Å²) < 4.78 is 5.46. The second-order valence-corrected chi connectivity index (χ2v) is 6.58. The standard InChI is InChI=1S/C20H23NO3/c1-14-10-12-21(13-11-14)19(22)15(2)24-20(23)18-9-5-7-16-6-3-4-8-17(16)18/h3-9,14-15H,10-13H2,1-2H3/t15-/m1/s1. The van der Waals surface area contributed by atoms with Gasteiger partial charge in [-0.15, -0.1) is 0 Å². The Morgan fingerprint density at radius 2 is 1.75 bits per heavy atom. The number of carbonyl (C=O) groups excluding carboxylic acids is 2. The Balaban J connectivity index is 1.70. The van der Waals surface area contributed by atoms with Crippen molar-refractivity contribution in [2.24, 2.45) is 5.92 Å². The fourth-order valence-electron chi connectivity index (χ4n) is 3.16. The molecule has 24 heavy (non-hydrogen) atoms. The molecular formula is C20H23NO3. The van der Waals surface area contributed by atoms with Crippen molar-refractivity contribution in [1.29, 1.82) is 0 Å². The largest absolute Gasteiger partial charge is 0.449 e. The number of ether oxygens (including phenoxy) is 1. The van der Waals surface area contributed by atoms with Crippen LogP contribution in [0.4, 0.5) is 0 Å². The summed E-state index contributed by atoms with van der Waals surface area (Å²) in [5, 5.41) is 1.83. The molecule has 1 aliphatic rings. The summed E-state index contributed by atoms with van der Waals surface area (Å²) in [7, 11) is 0. The van der Waals surface area contributed by atoms with Crippen LogP contribution in [0.15, 0.2) is 42.5 Å². The average molecular weight is 325 g/mol. The maximum atomic E-state index is 12.5. The topological polar surface area (TPSA) is 46.6 Å². The van der Waals surface area contributed by atoms with E-state index in [0.717, 1.165) is 36.7 Å². The van der Waals surface area contributed by atoms with E-state index in [2.05, 4.69) is 6.92 Å². The van der Waals surface area contributed by atoms with E-state index >= 15 is 0 Å². The van der Waals surface area contributed by atoms with Crippen LogP contribution in [0, 0.1) is 5.92 Å². The van der Waals surface area contributed by atoms with E-state index in [-0.39, 0.29) is 5.91 Å². The Labute approximate surface area is 142 Å². The van der Waals surface area contributed by atoms with Gasteiger partial charge in [-0.2, -0.15) is 0 Å². The predicted molar refractivity (Wildman–Crippen MR) is 93.8 cm³/mol. The summed E-state index contributed by atoms with van der Waals surface area (Å²) in [6.45, 7) is 5.35. The number of amides is 1. The zero-order chi connectivity index (χ0) is 17.1. The predicted octanol–water partition coefficient (Wildman–Crippen LogP) is 3.64. The van der Waals surface area contributed by atoms with Gasteiger partial charge >= 0.3 is 5.97 Å². The van der Waals surface area contributed by atoms with Crippen LogP contribution in [-0.4, -0.2) is 36.0 Å². The lowest BCUT2D eigenvalue weighted by atomic mass is 9.99. The van der Waals surface area contributed by atoms with Crippen molar-refractivity contribution in [1.82, 2.24) is 4.90 Å². The van der Waals surface area contributed by atoms with Gasteiger partial charge in [0.1, 0.15) is 0 Å². The van der Waals surface area contributed by atoms with Gasteiger partial charge in [0.25, 0.3) is 5.91 Å². The lowest BCUT2D eigenvalue weighted by Gasteiger charge is -2.31. The molecule has 1 heterocycles. The van der Waals surface area contributed by atoms with Gasteiger partial charge in [-0.3, -0.25) is 4.79 Å². The van der Waals surface area contributed by atoms with Crippen LogP contribution in [0.2, 0.25) is 0 Å². The molecule has 1 aliphatic heterocycles. The van der Waals surface area contributed by atoms with Gasteiger partial charge in [-0.25, -0.2) is 4.79 Å². The van der Waals surface area contributed by atoms with Crippen molar-refractivity contribution in [3.05, 3.63) is 48.0 Å². The Morgan fingerprint density at radius 3 is 2.50 bits per heavy atom. The van der Waals surface area contributed by atoms with Gasteiger partial charge in [0, 0.05) is 13.1 Å². The maximum Gasteiger partial charge on any atom is 0.339 e. The van der Waals surface area contributed by atoms with Crippen molar-refractivity contribution in [2.45, 2.75) is 32.8 Å². The molecule has 0 aliphatic carbocycles. The van der Waals surface area contributed by atoms with Crippen molar-refractivity contribution in [3.63, 3.8) is 0 Å². The van der Waals surface area contributed by atoms with Crippen LogP contribution in [-0.2, 0) is 9.53 Å². The second kappa shape index (κ2) is 7.04. The molecule has 1 atom stereocenters. The molecule has 0 spiro atoms. The third kappa shape index (κ3) is 3.42. The van der Waals surface area contributed by atoms with Gasteiger partial charge in [0.05, 0.1) is 5.56 Å². The minimum atomic E-state index is -0.759. The molecule has 0 radical (unpaired) electrons. The molecule has 3 rings (SSSR count). The lowest BCUT2D eigenvalue weighted by Crippen LogP contribution is -2.44. The van der Waals surface area contributed by atoms with E-state index in [0.29, 0.717) is 11.5 Å². The molecule has 0 saturated carbocycles. The van der Waals surface area contributed by atoms with E-state index in [1.165, 1.54) is 0 Å². The second-order valence-electron chi connectivity index (χ2n) is 6.58. The number of hydrogen-bond donors (Lipinski definition) is 0. The highest BCUT2D eigenvalue weighted by atomic mass is 16.5. The number of benzene rings is 2. The molecule has 2 aromatic rings. The minimum absolute atomic E-state index is 0.101. The third-order valence-corrected chi connectivity index (χ3v) is 4.74. The van der Waals surface area contributed by atoms with Gasteiger partial charge in [-0.05, 0) is 42.5 Å². The molecule has 126 valence electrons. The van der Waals surface area contributed by atoms with E-state index in [4.69, 9.17) is 4.74 Å². The summed E-state index contributed by atoms with van der Waals surface area (Å²) in [5.41, 5.74) is 0.500. The normalized spacial score (nSPS) is 16.8. The van der Waals surface area contributed by atoms with Gasteiger partial charge < -0.3 is 9.64 Å². The summed E-state index contributed by atoms with van der Waals surface area (Å²) in [5.74, 6) is 0.108. The highest BCUT2D eigenvalue weighted by Crippen LogP contribution is 2.21. The molecule has 1 amide bonds. The number of fused-ring (bicyclic) bond motifs is 1. The number of rotatable bonds is 3. The molecule has 4 nitrogen and oxygen atoms in total. The number of piperidine rings is 1. The summed E-state index contributed by atoms with van der Waals surface area (Å²) in [6, 6.07) is 13.2. The molecule has 0 N–H and O–H groups in total. The minimum Gasteiger partial charge on any atom is -0.449 e. The van der Waals surface area contributed by atoms with Gasteiger partial charge in [-0.1, -0.05) is 43.3 Å². The highest BCUT2D eigenvalue weighted by Gasteiger charge is 2.27. The van der Waals surface area contributed by atoms with Crippen LogP contribution in [0.5, 0.6) is 0 Å². The number of likely N-dealkylation sites (tertiary alicyclic amines) is 1. The first kappa shape index (κ1) is 16.5. The van der Waals surface area contributed by atoms with Crippen LogP contribution in [0.1, 0.15) is 37.0 Å². The van der Waals surface area contributed by atoms with Crippen molar-refractivity contribution in [3.8, 4) is 0 Å². The molecule has 1 fully saturated rings. The first-order valence-corrected chi connectivity index (χ1v) is 8.54. The van der Waals surface area contributed by atoms with Crippen LogP contribution in [0.3, 0.4) is 0 Å². The quantitative estimate of drug-likeness (QED) is 0.809. The fourth-order valence-corrected chi connectivity index (χ4v) is 3.16. The first-order chi connectivity index (χ1) is 11.6. The molecule has 4 heteroatoms. The maximum absolute atomic E-state index is 12.5. The average Bonchev–Trinajstić information content (AvgIpc) is 2.61. The summed E-state index contributed by atoms with van der Waals surface area (Å²) in [4.78, 5) is 26.8. The van der Waals surface area contributed by atoms with E-state index < -0.39 is 12.1 Å². The number of carbonyl (C=O) groups is 2. The van der Waals surface area contributed by atoms with E-state index in [9.17, 15) is 9.59 Å². The molecule has 0 bridgehead atoms. The van der Waals surface area contributed by atoms with E-state index in [1.807, 2.05) is 36.4 Å². The van der Waals surface area contributed by atoms with Crippen molar-refractivity contribution in [2.75, 3.05) is 13.1 Å². The summed E-state index contributed by atoms with van der Waals surface area (Å²) >= 11 is 0. The molecule has 2 aromatic carbocycles. The smallest absolute Gasteiger partial charge is 0.339 e. The molecule has 0 aromatic heterocycles. The number of nitrogens with zero attached hydrogens (tertiary/aromatic N) is 1. The first-order valence-electron chi connectivity index (χ1n) is 8.54. The highest BCUT2D eigenvalue weighted by molar-refractivity contribution is 6.05. The Bertz CT molecular complexity index is 742. The Hall–Kier alpha value is -2.36. The fraction of sp³-hybridized carbons (Fsp3) is 0.400. The van der Waals surface area contributed by atoms with Crippen LogP contribution < -0.4 is 0 Å². The van der Waals surface area contributed by atoms with Crippen LogP contribution in [0.25, 0.3) is 10.8 Å². The molecular weight excluding hydrogens is 302 g/mol. The van der Waals surface area contributed by atoms with Crippen LogP contribution >= 0.6 is 0 Å². The molecule has 0 unspecified atom stereocenters. The van der Waals surface area contributed by atoms with E-state index in [1.54, 1.807) is 17.9 Å². The monoisotopic (exact) mass is 325 g/mol. The SMILES string of the molecule is CC1CCN(C(=O)[C@@H](C)OC(=O)c2cccc3ccccc23)CC1. The third-order valence-electron chi connectivity index (χ3n) is 4.74.